The number of rotatable bonds is 3. The fourth-order valence-corrected chi connectivity index (χ4v) is 2.58. The van der Waals surface area contributed by atoms with E-state index in [1.165, 1.54) is 24.3 Å². The molecule has 1 aliphatic rings. The van der Waals surface area contributed by atoms with Crippen LogP contribution in [0.3, 0.4) is 0 Å². The van der Waals surface area contributed by atoms with Crippen LogP contribution in [0.1, 0.15) is 33.2 Å². The van der Waals surface area contributed by atoms with Crippen LogP contribution in [0, 0.1) is 0 Å². The van der Waals surface area contributed by atoms with Crippen molar-refractivity contribution < 1.29 is 23.1 Å². The van der Waals surface area contributed by atoms with Crippen LogP contribution < -0.4 is 10.5 Å². The number of fused-ring (bicyclic) bond motifs is 1. The zero-order valence-corrected chi connectivity index (χ0v) is 12.7. The molecule has 0 saturated carbocycles. The van der Waals surface area contributed by atoms with Gasteiger partial charge in [-0.05, 0) is 17.7 Å². The molecule has 0 saturated heterocycles. The average molecular weight is 329 g/mol. The molecule has 0 bridgehead atoms. The van der Waals surface area contributed by atoms with Crippen LogP contribution in [0.4, 0.5) is 8.78 Å². The van der Waals surface area contributed by atoms with Gasteiger partial charge in [-0.25, -0.2) is 0 Å². The number of carbonyl (C=O) groups excluding carboxylic acids is 2. The molecule has 0 unspecified atom stereocenters. The fraction of sp³-hybridized carbons (Fsp3) is 0.111. The van der Waals surface area contributed by atoms with Crippen LogP contribution in [-0.2, 0) is 0 Å². The van der Waals surface area contributed by atoms with E-state index in [1.807, 2.05) is 0 Å². The van der Waals surface area contributed by atoms with Gasteiger partial charge in [0.05, 0.1) is 11.3 Å². The van der Waals surface area contributed by atoms with E-state index in [2.05, 4.69) is 4.74 Å². The Labute approximate surface area is 136 Å². The monoisotopic (exact) mass is 329 g/mol. The van der Waals surface area contributed by atoms with Crippen LogP contribution in [0.15, 0.2) is 54.2 Å². The van der Waals surface area contributed by atoms with Crippen molar-refractivity contribution in [2.45, 2.75) is 13.0 Å². The number of benzene rings is 2. The van der Waals surface area contributed by atoms with Crippen molar-refractivity contribution in [3.8, 4) is 5.75 Å². The zero-order chi connectivity index (χ0) is 17.5. The SMILES string of the molecule is CC(F)(F)Oc1ccc(C2=C(N)C(=O)c3ccccc3C2=O)cc1. The van der Waals surface area contributed by atoms with Gasteiger partial charge in [-0.3, -0.25) is 9.59 Å². The van der Waals surface area contributed by atoms with Gasteiger partial charge in [-0.2, -0.15) is 8.78 Å². The number of hydrogen-bond donors (Lipinski definition) is 1. The molecule has 2 aromatic carbocycles. The second kappa shape index (κ2) is 5.56. The molecule has 6 heteroatoms. The van der Waals surface area contributed by atoms with Crippen molar-refractivity contribution in [3.63, 3.8) is 0 Å². The number of alkyl halides is 2. The highest BCUT2D eigenvalue weighted by Crippen LogP contribution is 2.31. The molecule has 1 aliphatic carbocycles. The van der Waals surface area contributed by atoms with Crippen LogP contribution in [0.25, 0.3) is 5.57 Å². The normalized spacial score (nSPS) is 14.6. The van der Waals surface area contributed by atoms with Gasteiger partial charge in [0.2, 0.25) is 5.78 Å². The van der Waals surface area contributed by atoms with Gasteiger partial charge in [0.1, 0.15) is 5.75 Å². The molecule has 3 rings (SSSR count). The van der Waals surface area contributed by atoms with Gasteiger partial charge in [-0.15, -0.1) is 0 Å². The molecule has 0 radical (unpaired) electrons. The third kappa shape index (κ3) is 2.78. The van der Waals surface area contributed by atoms with Crippen LogP contribution in [-0.4, -0.2) is 17.7 Å². The Balaban J connectivity index is 2.02. The summed E-state index contributed by atoms with van der Waals surface area (Å²) >= 11 is 0. The van der Waals surface area contributed by atoms with Gasteiger partial charge in [0.25, 0.3) is 0 Å². The molecule has 0 aromatic heterocycles. The molecule has 0 amide bonds. The summed E-state index contributed by atoms with van der Waals surface area (Å²) in [6.45, 7) is 0.627. The summed E-state index contributed by atoms with van der Waals surface area (Å²) in [4.78, 5) is 25.0. The van der Waals surface area contributed by atoms with Crippen molar-refractivity contribution in [3.05, 3.63) is 70.9 Å². The van der Waals surface area contributed by atoms with E-state index in [1.54, 1.807) is 24.3 Å². The number of allylic oxidation sites excluding steroid dienone is 2. The van der Waals surface area contributed by atoms with E-state index in [4.69, 9.17) is 5.73 Å². The molecular weight excluding hydrogens is 316 g/mol. The van der Waals surface area contributed by atoms with Crippen molar-refractivity contribution in [1.29, 1.82) is 0 Å². The predicted molar refractivity (Wildman–Crippen MR) is 83.9 cm³/mol. The minimum absolute atomic E-state index is 0.0552. The Morgan fingerprint density at radius 3 is 2.00 bits per heavy atom. The highest BCUT2D eigenvalue weighted by atomic mass is 19.3. The second-order valence-corrected chi connectivity index (χ2v) is 5.43. The first-order chi connectivity index (χ1) is 11.3. The number of halogens is 2. The summed E-state index contributed by atoms with van der Waals surface area (Å²) in [5.41, 5.74) is 6.66. The Hall–Kier alpha value is -3.02. The van der Waals surface area contributed by atoms with Crippen LogP contribution >= 0.6 is 0 Å². The maximum Gasteiger partial charge on any atom is 0.394 e. The van der Waals surface area contributed by atoms with E-state index in [0.29, 0.717) is 12.5 Å². The summed E-state index contributed by atoms with van der Waals surface area (Å²) in [7, 11) is 0. The highest BCUT2D eigenvalue weighted by Gasteiger charge is 2.31. The van der Waals surface area contributed by atoms with Crippen molar-refractivity contribution in [2.75, 3.05) is 0 Å². The molecule has 24 heavy (non-hydrogen) atoms. The maximum atomic E-state index is 12.9. The minimum Gasteiger partial charge on any atom is -0.433 e. The first-order valence-corrected chi connectivity index (χ1v) is 7.13. The number of nitrogens with two attached hydrogens (primary N) is 1. The van der Waals surface area contributed by atoms with Gasteiger partial charge >= 0.3 is 6.11 Å². The van der Waals surface area contributed by atoms with Crippen molar-refractivity contribution in [1.82, 2.24) is 0 Å². The Bertz CT molecular complexity index is 865. The summed E-state index contributed by atoms with van der Waals surface area (Å²) in [5, 5.41) is 0. The largest absolute Gasteiger partial charge is 0.433 e. The van der Waals surface area contributed by atoms with Crippen LogP contribution in [0.5, 0.6) is 5.75 Å². The quantitative estimate of drug-likeness (QED) is 0.937. The van der Waals surface area contributed by atoms with Gasteiger partial charge in [0.15, 0.2) is 5.78 Å². The molecule has 122 valence electrons. The van der Waals surface area contributed by atoms with Crippen LogP contribution in [0.2, 0.25) is 0 Å². The molecule has 2 N–H and O–H groups in total. The molecular formula is C18H13F2NO3. The average Bonchev–Trinajstić information content (AvgIpc) is 2.53. The Morgan fingerprint density at radius 2 is 1.46 bits per heavy atom. The van der Waals surface area contributed by atoms with Crippen molar-refractivity contribution >= 4 is 17.1 Å². The Morgan fingerprint density at radius 1 is 0.917 bits per heavy atom. The summed E-state index contributed by atoms with van der Waals surface area (Å²) in [6, 6.07) is 11.8. The maximum absolute atomic E-state index is 12.9. The molecule has 0 spiro atoms. The highest BCUT2D eigenvalue weighted by molar-refractivity contribution is 6.40. The zero-order valence-electron chi connectivity index (χ0n) is 12.7. The third-order valence-electron chi connectivity index (χ3n) is 3.60. The molecule has 0 aliphatic heterocycles. The minimum atomic E-state index is -3.31. The number of hydrogen-bond acceptors (Lipinski definition) is 4. The standard InChI is InChI=1S/C18H13F2NO3/c1-18(19,20)24-11-8-6-10(7-9-11)14-15(21)17(23)13-5-3-2-4-12(13)16(14)22/h2-9H,21H2,1H3. The third-order valence-corrected chi connectivity index (χ3v) is 3.60. The smallest absolute Gasteiger partial charge is 0.394 e. The molecule has 0 heterocycles. The molecule has 4 nitrogen and oxygen atoms in total. The second-order valence-electron chi connectivity index (χ2n) is 5.43. The lowest BCUT2D eigenvalue weighted by molar-refractivity contribution is -0.158. The lowest BCUT2D eigenvalue weighted by Crippen LogP contribution is -2.25. The van der Waals surface area contributed by atoms with E-state index >= 15 is 0 Å². The summed E-state index contributed by atoms with van der Waals surface area (Å²) < 4.78 is 30.1. The predicted octanol–water partition coefficient (Wildman–Crippen LogP) is 3.43. The fourth-order valence-electron chi connectivity index (χ4n) is 2.58. The number of carbonyl (C=O) groups is 2. The molecule has 0 atom stereocenters. The Kier molecular flexibility index (Phi) is 3.67. The number of ether oxygens (including phenoxy) is 1. The van der Waals surface area contributed by atoms with E-state index in [-0.39, 0.29) is 33.9 Å². The molecule has 0 fully saturated rings. The topological polar surface area (TPSA) is 69.4 Å². The lowest BCUT2D eigenvalue weighted by Gasteiger charge is -2.19. The summed E-state index contributed by atoms with van der Waals surface area (Å²) in [6.07, 6.45) is -3.31. The van der Waals surface area contributed by atoms with Gasteiger partial charge < -0.3 is 10.5 Å². The first-order valence-electron chi connectivity index (χ1n) is 7.13. The molecule has 2 aromatic rings. The van der Waals surface area contributed by atoms with Crippen molar-refractivity contribution in [2.24, 2.45) is 5.73 Å². The van der Waals surface area contributed by atoms with Gasteiger partial charge in [-0.1, -0.05) is 36.4 Å². The first kappa shape index (κ1) is 15.9. The van der Waals surface area contributed by atoms with E-state index in [0.717, 1.165) is 0 Å². The summed E-state index contributed by atoms with van der Waals surface area (Å²) in [5.74, 6) is -0.863. The number of Topliss-reactive ketones (excluding diaryl/α,β-unsaturated/α-hetero) is 2. The number of ketones is 2. The van der Waals surface area contributed by atoms with Gasteiger partial charge in [0, 0.05) is 18.1 Å². The lowest BCUT2D eigenvalue weighted by atomic mass is 9.84. The van der Waals surface area contributed by atoms with E-state index in [9.17, 15) is 18.4 Å². The van der Waals surface area contributed by atoms with E-state index < -0.39 is 11.9 Å².